The Kier molecular flexibility index (Phi) is 7.54. The van der Waals surface area contributed by atoms with Gasteiger partial charge in [0, 0.05) is 11.5 Å². The number of ether oxygens (including phenoxy) is 2. The van der Waals surface area contributed by atoms with E-state index < -0.39 is 52.6 Å². The molecular formula is C15H14F5NO4S. The van der Waals surface area contributed by atoms with Crippen molar-refractivity contribution in [1.82, 2.24) is 4.98 Å². The zero-order valence-electron chi connectivity index (χ0n) is 13.7. The van der Waals surface area contributed by atoms with Crippen LogP contribution in [0.2, 0.25) is 0 Å². The highest BCUT2D eigenvalue weighted by atomic mass is 32.2. The van der Waals surface area contributed by atoms with Crippen LogP contribution in [-0.4, -0.2) is 36.9 Å². The van der Waals surface area contributed by atoms with Crippen molar-refractivity contribution < 1.29 is 41.0 Å². The third kappa shape index (κ3) is 4.71. The van der Waals surface area contributed by atoms with Crippen LogP contribution in [0.3, 0.4) is 0 Å². The number of hydrogen-bond donors (Lipinski definition) is 0. The van der Waals surface area contributed by atoms with E-state index in [0.717, 1.165) is 26.0 Å². The standard InChI is InChI=1S/C15H14F5NO4S/c1-4-5-26-6-7-8(13(22)24-2)10(12(16)17)21-11(15(18,19)20)9(7)14(23)25-3/h4,12H,1,5-6H2,2-3H3. The van der Waals surface area contributed by atoms with Crippen LogP contribution in [-0.2, 0) is 21.4 Å². The monoisotopic (exact) mass is 399 g/mol. The maximum atomic E-state index is 13.3. The van der Waals surface area contributed by atoms with Crippen molar-refractivity contribution in [2.24, 2.45) is 0 Å². The highest BCUT2D eigenvalue weighted by Gasteiger charge is 2.43. The molecular weight excluding hydrogens is 385 g/mol. The second kappa shape index (κ2) is 8.97. The van der Waals surface area contributed by atoms with E-state index in [1.165, 1.54) is 6.08 Å². The van der Waals surface area contributed by atoms with E-state index in [4.69, 9.17) is 0 Å². The summed E-state index contributed by atoms with van der Waals surface area (Å²) in [6.07, 6.45) is -7.31. The van der Waals surface area contributed by atoms with E-state index in [1.54, 1.807) is 0 Å². The van der Waals surface area contributed by atoms with Crippen LogP contribution >= 0.6 is 11.8 Å². The number of aromatic nitrogens is 1. The summed E-state index contributed by atoms with van der Waals surface area (Å²) in [5, 5.41) is 0. The average Bonchev–Trinajstić information content (AvgIpc) is 2.58. The SMILES string of the molecule is C=CCSCc1c(C(=O)OC)c(C(F)F)nc(C(F)(F)F)c1C(=O)OC. The molecule has 0 saturated heterocycles. The van der Waals surface area contributed by atoms with E-state index in [2.05, 4.69) is 21.0 Å². The lowest BCUT2D eigenvalue weighted by Gasteiger charge is -2.20. The fraction of sp³-hybridized carbons (Fsp3) is 0.400. The lowest BCUT2D eigenvalue weighted by atomic mass is 9.98. The molecule has 0 bridgehead atoms. The summed E-state index contributed by atoms with van der Waals surface area (Å²) in [4.78, 5) is 26.8. The molecule has 0 radical (unpaired) electrons. The molecule has 0 spiro atoms. The molecule has 0 amide bonds. The summed E-state index contributed by atoms with van der Waals surface area (Å²) in [6, 6.07) is 0. The molecule has 1 heterocycles. The van der Waals surface area contributed by atoms with Gasteiger partial charge >= 0.3 is 18.1 Å². The van der Waals surface area contributed by atoms with Crippen LogP contribution in [0.25, 0.3) is 0 Å². The largest absolute Gasteiger partial charge is 0.465 e. The molecule has 0 aliphatic heterocycles. The van der Waals surface area contributed by atoms with Gasteiger partial charge in [0.15, 0.2) is 5.69 Å². The van der Waals surface area contributed by atoms with Crippen molar-refractivity contribution in [3.05, 3.63) is 40.7 Å². The van der Waals surface area contributed by atoms with Gasteiger partial charge in [-0.05, 0) is 5.56 Å². The Morgan fingerprint density at radius 1 is 1.19 bits per heavy atom. The number of thioether (sulfide) groups is 1. The number of alkyl halides is 5. The van der Waals surface area contributed by atoms with Crippen LogP contribution in [0.1, 0.15) is 44.1 Å². The molecule has 5 nitrogen and oxygen atoms in total. The predicted molar refractivity (Wildman–Crippen MR) is 83.2 cm³/mol. The van der Waals surface area contributed by atoms with Crippen LogP contribution in [0, 0.1) is 0 Å². The van der Waals surface area contributed by atoms with Crippen molar-refractivity contribution in [1.29, 1.82) is 0 Å². The van der Waals surface area contributed by atoms with Gasteiger partial charge in [-0.3, -0.25) is 0 Å². The Labute approximate surface area is 149 Å². The third-order valence-electron chi connectivity index (χ3n) is 3.07. The highest BCUT2D eigenvalue weighted by molar-refractivity contribution is 7.98. The van der Waals surface area contributed by atoms with Crippen molar-refractivity contribution in [2.45, 2.75) is 18.4 Å². The molecule has 0 fully saturated rings. The number of nitrogens with zero attached hydrogens (tertiary/aromatic N) is 1. The first kappa shape index (κ1) is 21.9. The van der Waals surface area contributed by atoms with Gasteiger partial charge in [0.25, 0.3) is 6.43 Å². The van der Waals surface area contributed by atoms with E-state index in [-0.39, 0.29) is 11.5 Å². The molecule has 26 heavy (non-hydrogen) atoms. The lowest BCUT2D eigenvalue weighted by molar-refractivity contribution is -0.142. The first-order valence-electron chi connectivity index (χ1n) is 6.87. The molecule has 11 heteroatoms. The van der Waals surface area contributed by atoms with Gasteiger partial charge in [0.1, 0.15) is 5.69 Å². The van der Waals surface area contributed by atoms with Crippen LogP contribution in [0.4, 0.5) is 22.0 Å². The zero-order valence-corrected chi connectivity index (χ0v) is 14.5. The zero-order chi connectivity index (χ0) is 20.1. The van der Waals surface area contributed by atoms with Crippen LogP contribution in [0.5, 0.6) is 0 Å². The molecule has 0 atom stereocenters. The van der Waals surface area contributed by atoms with E-state index in [1.807, 2.05) is 0 Å². The number of hydrogen-bond acceptors (Lipinski definition) is 6. The van der Waals surface area contributed by atoms with Gasteiger partial charge in [0.2, 0.25) is 0 Å². The summed E-state index contributed by atoms with van der Waals surface area (Å²) in [5.41, 5.74) is -5.81. The number of carbonyl (C=O) groups excluding carboxylic acids is 2. The van der Waals surface area contributed by atoms with Gasteiger partial charge < -0.3 is 9.47 Å². The van der Waals surface area contributed by atoms with Gasteiger partial charge in [0.05, 0.1) is 25.3 Å². The van der Waals surface area contributed by atoms with Gasteiger partial charge in [-0.15, -0.1) is 6.58 Å². The number of rotatable bonds is 7. The molecule has 1 aromatic heterocycles. The Hall–Kier alpha value is -2.17. The minimum atomic E-state index is -5.22. The fourth-order valence-corrected chi connectivity index (χ4v) is 2.84. The summed E-state index contributed by atoms with van der Waals surface area (Å²) < 4.78 is 75.3. The summed E-state index contributed by atoms with van der Waals surface area (Å²) >= 11 is 0.957. The Balaban J connectivity index is 3.94. The molecule has 0 aliphatic carbocycles. The molecule has 0 unspecified atom stereocenters. The average molecular weight is 399 g/mol. The normalized spacial score (nSPS) is 11.4. The lowest BCUT2D eigenvalue weighted by Crippen LogP contribution is -2.24. The van der Waals surface area contributed by atoms with E-state index in [0.29, 0.717) is 0 Å². The van der Waals surface area contributed by atoms with Crippen LogP contribution < -0.4 is 0 Å². The number of halogens is 5. The smallest absolute Gasteiger partial charge is 0.434 e. The second-order valence-corrected chi connectivity index (χ2v) is 5.69. The van der Waals surface area contributed by atoms with Gasteiger partial charge in [-0.25, -0.2) is 23.4 Å². The predicted octanol–water partition coefficient (Wildman–Crippen LogP) is 4.03. The van der Waals surface area contributed by atoms with Crippen molar-refractivity contribution in [3.63, 3.8) is 0 Å². The Morgan fingerprint density at radius 2 is 1.73 bits per heavy atom. The third-order valence-corrected chi connectivity index (χ3v) is 4.03. The highest BCUT2D eigenvalue weighted by Crippen LogP contribution is 2.38. The van der Waals surface area contributed by atoms with Crippen LogP contribution in [0.15, 0.2) is 12.7 Å². The van der Waals surface area contributed by atoms with Gasteiger partial charge in [-0.1, -0.05) is 6.08 Å². The number of esters is 2. The quantitative estimate of drug-likeness (QED) is 0.299. The minimum absolute atomic E-state index is 0.231. The second-order valence-electron chi connectivity index (χ2n) is 4.66. The number of carbonyl (C=O) groups is 2. The minimum Gasteiger partial charge on any atom is -0.465 e. The molecule has 0 N–H and O–H groups in total. The summed E-state index contributed by atoms with van der Waals surface area (Å²) in [5.74, 6) is -2.92. The molecule has 0 saturated carbocycles. The molecule has 1 rings (SSSR count). The summed E-state index contributed by atoms with van der Waals surface area (Å²) in [7, 11) is 1.69. The van der Waals surface area contributed by atoms with Crippen molar-refractivity contribution >= 4 is 23.7 Å². The molecule has 1 aromatic rings. The Morgan fingerprint density at radius 3 is 2.15 bits per heavy atom. The van der Waals surface area contributed by atoms with Crippen molar-refractivity contribution in [2.75, 3.05) is 20.0 Å². The fourth-order valence-electron chi connectivity index (χ4n) is 2.06. The topological polar surface area (TPSA) is 65.5 Å². The maximum absolute atomic E-state index is 13.3. The summed E-state index contributed by atoms with van der Waals surface area (Å²) in [6.45, 7) is 3.43. The number of methoxy groups -OCH3 is 2. The van der Waals surface area contributed by atoms with E-state index >= 15 is 0 Å². The van der Waals surface area contributed by atoms with E-state index in [9.17, 15) is 31.5 Å². The first-order chi connectivity index (χ1) is 12.1. The number of pyridine rings is 1. The Bertz CT molecular complexity index is 706. The molecule has 0 aliphatic rings. The molecule has 0 aromatic carbocycles. The maximum Gasteiger partial charge on any atom is 0.434 e. The van der Waals surface area contributed by atoms with Gasteiger partial charge in [-0.2, -0.15) is 24.9 Å². The first-order valence-corrected chi connectivity index (χ1v) is 8.02. The molecule has 144 valence electrons. The van der Waals surface area contributed by atoms with Crippen molar-refractivity contribution in [3.8, 4) is 0 Å².